The van der Waals surface area contributed by atoms with Crippen LogP contribution in [-0.2, 0) is 4.74 Å². The Morgan fingerprint density at radius 3 is 2.44 bits per heavy atom. The van der Waals surface area contributed by atoms with Crippen LogP contribution >= 0.6 is 11.3 Å². The molecule has 0 saturated carbocycles. The number of thiophene rings is 1. The van der Waals surface area contributed by atoms with Crippen molar-refractivity contribution in [1.29, 1.82) is 0 Å². The minimum Gasteiger partial charge on any atom is -0.462 e. The normalized spacial score (nSPS) is 10.5. The van der Waals surface area contributed by atoms with Gasteiger partial charge in [0.05, 0.1) is 12.2 Å². The van der Waals surface area contributed by atoms with Gasteiger partial charge in [-0.1, -0.05) is 24.3 Å². The molecular formula is C20H15F2NO3S. The molecule has 0 unspecified atom stereocenters. The van der Waals surface area contributed by atoms with Gasteiger partial charge < -0.3 is 10.1 Å². The summed E-state index contributed by atoms with van der Waals surface area (Å²) < 4.78 is 32.1. The average Bonchev–Trinajstić information content (AvgIpc) is 3.06. The fourth-order valence-electron chi connectivity index (χ4n) is 2.51. The zero-order valence-corrected chi connectivity index (χ0v) is 15.1. The van der Waals surface area contributed by atoms with Crippen molar-refractivity contribution in [2.75, 3.05) is 11.9 Å². The third-order valence-electron chi connectivity index (χ3n) is 3.77. The number of amides is 1. The first-order valence-electron chi connectivity index (χ1n) is 8.11. The van der Waals surface area contributed by atoms with Gasteiger partial charge in [0.15, 0.2) is 0 Å². The molecule has 0 saturated heterocycles. The number of carbonyl (C=O) groups excluding carboxylic acids is 2. The highest BCUT2D eigenvalue weighted by Gasteiger charge is 2.23. The molecule has 0 atom stereocenters. The Bertz CT molecular complexity index is 983. The Hall–Kier alpha value is -3.06. The topological polar surface area (TPSA) is 55.4 Å². The molecule has 1 amide bonds. The first-order valence-corrected chi connectivity index (χ1v) is 8.99. The van der Waals surface area contributed by atoms with E-state index in [0.717, 1.165) is 11.3 Å². The molecular weight excluding hydrogens is 372 g/mol. The van der Waals surface area contributed by atoms with Crippen molar-refractivity contribution in [3.05, 3.63) is 76.7 Å². The molecule has 0 spiro atoms. The standard InChI is InChI=1S/C20H15F2NO3S/c1-2-26-20(25)17-15(12-7-9-13(21)10-8-12)11-27-19(17)23-18(24)14-5-3-4-6-16(14)22/h3-11H,2H2,1H3,(H,23,24). The summed E-state index contributed by atoms with van der Waals surface area (Å²) in [4.78, 5) is 24.9. The molecule has 0 radical (unpaired) electrons. The predicted octanol–water partition coefficient (Wildman–Crippen LogP) is 5.12. The van der Waals surface area contributed by atoms with Crippen LogP contribution in [0.1, 0.15) is 27.6 Å². The number of esters is 1. The van der Waals surface area contributed by atoms with Crippen LogP contribution in [0.4, 0.5) is 13.8 Å². The van der Waals surface area contributed by atoms with E-state index in [1.165, 1.54) is 42.5 Å². The molecule has 7 heteroatoms. The summed E-state index contributed by atoms with van der Waals surface area (Å²) in [5, 5.41) is 4.47. The van der Waals surface area contributed by atoms with Gasteiger partial charge in [0.1, 0.15) is 22.2 Å². The van der Waals surface area contributed by atoms with E-state index in [4.69, 9.17) is 4.74 Å². The van der Waals surface area contributed by atoms with Crippen LogP contribution in [0.2, 0.25) is 0 Å². The fourth-order valence-corrected chi connectivity index (χ4v) is 3.47. The van der Waals surface area contributed by atoms with Gasteiger partial charge in [-0.05, 0) is 36.8 Å². The molecule has 1 aromatic heterocycles. The van der Waals surface area contributed by atoms with Crippen molar-refractivity contribution in [2.24, 2.45) is 0 Å². The number of hydrogen-bond donors (Lipinski definition) is 1. The van der Waals surface area contributed by atoms with Crippen molar-refractivity contribution in [2.45, 2.75) is 6.92 Å². The number of benzene rings is 2. The second-order valence-electron chi connectivity index (χ2n) is 5.51. The Morgan fingerprint density at radius 2 is 1.78 bits per heavy atom. The van der Waals surface area contributed by atoms with E-state index in [0.29, 0.717) is 11.1 Å². The highest BCUT2D eigenvalue weighted by Crippen LogP contribution is 2.36. The van der Waals surface area contributed by atoms with Crippen molar-refractivity contribution < 1.29 is 23.1 Å². The predicted molar refractivity (Wildman–Crippen MR) is 100 cm³/mol. The van der Waals surface area contributed by atoms with Gasteiger partial charge in [0.2, 0.25) is 0 Å². The van der Waals surface area contributed by atoms with Crippen molar-refractivity contribution in [3.8, 4) is 11.1 Å². The molecule has 0 aliphatic carbocycles. The average molecular weight is 387 g/mol. The first kappa shape index (κ1) is 18.7. The molecule has 2 aromatic carbocycles. The number of halogens is 2. The molecule has 0 aliphatic rings. The summed E-state index contributed by atoms with van der Waals surface area (Å²) in [6.45, 7) is 1.82. The number of nitrogens with one attached hydrogen (secondary N) is 1. The van der Waals surface area contributed by atoms with Crippen LogP contribution in [0, 0.1) is 11.6 Å². The second kappa shape index (κ2) is 8.09. The van der Waals surface area contributed by atoms with E-state index in [1.54, 1.807) is 18.4 Å². The third kappa shape index (κ3) is 4.03. The molecule has 1 heterocycles. The van der Waals surface area contributed by atoms with Gasteiger partial charge in [-0.15, -0.1) is 11.3 Å². The van der Waals surface area contributed by atoms with Gasteiger partial charge in [-0.25, -0.2) is 13.6 Å². The maximum Gasteiger partial charge on any atom is 0.341 e. The first-order chi connectivity index (χ1) is 13.0. The summed E-state index contributed by atoms with van der Waals surface area (Å²) in [6, 6.07) is 11.2. The SMILES string of the molecule is CCOC(=O)c1c(-c2ccc(F)cc2)csc1NC(=O)c1ccccc1F. The molecule has 4 nitrogen and oxygen atoms in total. The molecule has 3 aromatic rings. The zero-order valence-electron chi connectivity index (χ0n) is 14.3. The summed E-state index contributed by atoms with van der Waals surface area (Å²) in [7, 11) is 0. The minimum absolute atomic E-state index is 0.135. The maximum absolute atomic E-state index is 13.8. The van der Waals surface area contributed by atoms with Crippen molar-refractivity contribution >= 4 is 28.2 Å². The maximum atomic E-state index is 13.8. The van der Waals surface area contributed by atoms with E-state index >= 15 is 0 Å². The van der Waals surface area contributed by atoms with E-state index in [-0.39, 0.29) is 22.7 Å². The van der Waals surface area contributed by atoms with Crippen LogP contribution in [0.5, 0.6) is 0 Å². The van der Waals surface area contributed by atoms with Crippen LogP contribution in [0.3, 0.4) is 0 Å². The number of rotatable bonds is 5. The lowest BCUT2D eigenvalue weighted by Gasteiger charge is -2.09. The zero-order chi connectivity index (χ0) is 19.4. The van der Waals surface area contributed by atoms with Crippen molar-refractivity contribution in [3.63, 3.8) is 0 Å². The van der Waals surface area contributed by atoms with Crippen LogP contribution < -0.4 is 5.32 Å². The number of carbonyl (C=O) groups is 2. The lowest BCUT2D eigenvalue weighted by atomic mass is 10.0. The highest BCUT2D eigenvalue weighted by molar-refractivity contribution is 7.15. The highest BCUT2D eigenvalue weighted by atomic mass is 32.1. The van der Waals surface area contributed by atoms with Gasteiger partial charge in [-0.3, -0.25) is 4.79 Å². The van der Waals surface area contributed by atoms with E-state index in [1.807, 2.05) is 0 Å². The summed E-state index contributed by atoms with van der Waals surface area (Å²) in [5.74, 6) is -2.36. The monoisotopic (exact) mass is 387 g/mol. The molecule has 138 valence electrons. The Balaban J connectivity index is 2.00. The van der Waals surface area contributed by atoms with E-state index in [2.05, 4.69) is 5.32 Å². The van der Waals surface area contributed by atoms with Gasteiger partial charge in [-0.2, -0.15) is 0 Å². The van der Waals surface area contributed by atoms with Crippen LogP contribution in [-0.4, -0.2) is 18.5 Å². The summed E-state index contributed by atoms with van der Waals surface area (Å²) >= 11 is 1.11. The number of anilines is 1. The number of ether oxygens (including phenoxy) is 1. The molecule has 0 aliphatic heterocycles. The van der Waals surface area contributed by atoms with Crippen LogP contribution in [0.25, 0.3) is 11.1 Å². The van der Waals surface area contributed by atoms with Crippen molar-refractivity contribution in [1.82, 2.24) is 0 Å². The van der Waals surface area contributed by atoms with Crippen LogP contribution in [0.15, 0.2) is 53.9 Å². The minimum atomic E-state index is -0.675. The van der Waals surface area contributed by atoms with Gasteiger partial charge >= 0.3 is 5.97 Å². The molecule has 0 bridgehead atoms. The second-order valence-corrected chi connectivity index (χ2v) is 6.39. The largest absolute Gasteiger partial charge is 0.462 e. The van der Waals surface area contributed by atoms with Gasteiger partial charge in [0, 0.05) is 10.9 Å². The molecule has 1 N–H and O–H groups in total. The molecule has 3 rings (SSSR count). The Labute approximate surface area is 158 Å². The lowest BCUT2D eigenvalue weighted by molar-refractivity contribution is 0.0529. The molecule has 27 heavy (non-hydrogen) atoms. The fraction of sp³-hybridized carbons (Fsp3) is 0.100. The van der Waals surface area contributed by atoms with E-state index < -0.39 is 23.5 Å². The van der Waals surface area contributed by atoms with E-state index in [9.17, 15) is 18.4 Å². The lowest BCUT2D eigenvalue weighted by Crippen LogP contribution is -2.16. The summed E-state index contributed by atoms with van der Waals surface area (Å²) in [5.41, 5.74) is 1.12. The molecule has 0 fully saturated rings. The smallest absolute Gasteiger partial charge is 0.341 e. The van der Waals surface area contributed by atoms with Gasteiger partial charge in [0.25, 0.3) is 5.91 Å². The Kier molecular flexibility index (Phi) is 5.61. The number of hydrogen-bond acceptors (Lipinski definition) is 4. The quantitative estimate of drug-likeness (QED) is 0.618. The third-order valence-corrected chi connectivity index (χ3v) is 4.67. The summed E-state index contributed by atoms with van der Waals surface area (Å²) in [6.07, 6.45) is 0. The Morgan fingerprint density at radius 1 is 1.07 bits per heavy atom.